The van der Waals surface area contributed by atoms with Crippen LogP contribution in [0.15, 0.2) is 24.3 Å². The second-order valence-corrected chi connectivity index (χ2v) is 8.99. The molecule has 0 aliphatic carbocycles. The van der Waals surface area contributed by atoms with Crippen molar-refractivity contribution in [2.45, 2.75) is 50.9 Å². The molecule has 0 spiro atoms. The zero-order chi connectivity index (χ0) is 22.1. The maximum Gasteiger partial charge on any atom is 0.320 e. The standard InChI is InChI=1S/C23H32N4O4/c1-16(28)26-10-8-19(9-11-26)25(3)23(30)24(2)13-17-4-6-18(7-5-17)22(29)27-14-21-12-20(27)15-31-21/h4-7,19-21H,8-15H2,1-3H3. The number of morpholine rings is 1. The zero-order valence-corrected chi connectivity index (χ0v) is 18.6. The summed E-state index contributed by atoms with van der Waals surface area (Å²) in [6.45, 7) is 4.78. The second kappa shape index (κ2) is 8.86. The van der Waals surface area contributed by atoms with Gasteiger partial charge in [0.25, 0.3) is 5.91 Å². The molecular formula is C23H32N4O4. The van der Waals surface area contributed by atoms with E-state index in [1.807, 2.05) is 41.1 Å². The molecule has 31 heavy (non-hydrogen) atoms. The molecule has 4 rings (SSSR count). The maximum absolute atomic E-state index is 12.9. The first kappa shape index (κ1) is 21.6. The Kier molecular flexibility index (Phi) is 6.18. The Bertz CT molecular complexity index is 834. The lowest BCUT2D eigenvalue weighted by Gasteiger charge is -2.37. The number of fused-ring (bicyclic) bond motifs is 2. The van der Waals surface area contributed by atoms with Gasteiger partial charge in [0.15, 0.2) is 0 Å². The molecule has 3 aliphatic heterocycles. The minimum atomic E-state index is -0.0329. The zero-order valence-electron chi connectivity index (χ0n) is 18.6. The molecule has 0 saturated carbocycles. The van der Waals surface area contributed by atoms with E-state index in [0.717, 1.165) is 24.8 Å². The van der Waals surface area contributed by atoms with Crippen LogP contribution in [-0.2, 0) is 16.1 Å². The third-order valence-corrected chi connectivity index (χ3v) is 6.87. The summed E-state index contributed by atoms with van der Waals surface area (Å²) < 4.78 is 5.58. The Balaban J connectivity index is 1.30. The molecule has 4 amide bonds. The summed E-state index contributed by atoms with van der Waals surface area (Å²) in [5.74, 6) is 0.153. The number of carbonyl (C=O) groups is 3. The first-order valence-corrected chi connectivity index (χ1v) is 11.1. The highest BCUT2D eigenvalue weighted by Gasteiger charge is 2.41. The van der Waals surface area contributed by atoms with Gasteiger partial charge in [-0.2, -0.15) is 0 Å². The summed E-state index contributed by atoms with van der Waals surface area (Å²) in [6, 6.07) is 7.87. The molecule has 3 heterocycles. The molecule has 2 bridgehead atoms. The Morgan fingerprint density at radius 1 is 1.10 bits per heavy atom. The number of urea groups is 1. The fourth-order valence-corrected chi connectivity index (χ4v) is 4.90. The molecule has 1 aromatic rings. The van der Waals surface area contributed by atoms with Crippen LogP contribution in [0.25, 0.3) is 0 Å². The molecular weight excluding hydrogens is 396 g/mol. The molecule has 2 atom stereocenters. The van der Waals surface area contributed by atoms with Crippen molar-refractivity contribution in [1.29, 1.82) is 0 Å². The largest absolute Gasteiger partial charge is 0.374 e. The number of ether oxygens (including phenoxy) is 1. The van der Waals surface area contributed by atoms with Gasteiger partial charge in [0.2, 0.25) is 5.91 Å². The van der Waals surface area contributed by atoms with Crippen molar-refractivity contribution in [3.63, 3.8) is 0 Å². The van der Waals surface area contributed by atoms with Gasteiger partial charge in [-0.15, -0.1) is 0 Å². The molecule has 3 aliphatic rings. The second-order valence-electron chi connectivity index (χ2n) is 8.99. The average Bonchev–Trinajstić information content (AvgIpc) is 3.42. The van der Waals surface area contributed by atoms with Crippen molar-refractivity contribution in [1.82, 2.24) is 19.6 Å². The molecule has 3 fully saturated rings. The number of nitrogens with zero attached hydrogens (tertiary/aromatic N) is 4. The van der Waals surface area contributed by atoms with Gasteiger partial charge in [-0.25, -0.2) is 4.79 Å². The van der Waals surface area contributed by atoms with Gasteiger partial charge in [-0.05, 0) is 37.0 Å². The lowest BCUT2D eigenvalue weighted by molar-refractivity contribution is -0.130. The summed E-state index contributed by atoms with van der Waals surface area (Å²) in [6.07, 6.45) is 2.74. The Morgan fingerprint density at radius 2 is 1.77 bits per heavy atom. The van der Waals surface area contributed by atoms with E-state index < -0.39 is 0 Å². The number of hydrogen-bond donors (Lipinski definition) is 0. The summed E-state index contributed by atoms with van der Waals surface area (Å²) in [7, 11) is 3.63. The van der Waals surface area contributed by atoms with Gasteiger partial charge < -0.3 is 24.3 Å². The number of benzene rings is 1. The monoisotopic (exact) mass is 428 g/mol. The molecule has 1 aromatic carbocycles. The molecule has 3 saturated heterocycles. The normalized spacial score (nSPS) is 23.2. The van der Waals surface area contributed by atoms with Crippen LogP contribution in [0.1, 0.15) is 42.1 Å². The van der Waals surface area contributed by atoms with E-state index in [-0.39, 0.29) is 36.0 Å². The number of rotatable bonds is 4. The first-order valence-electron chi connectivity index (χ1n) is 11.1. The Hall–Kier alpha value is -2.61. The fraction of sp³-hybridized carbons (Fsp3) is 0.609. The summed E-state index contributed by atoms with van der Waals surface area (Å²) >= 11 is 0. The maximum atomic E-state index is 12.9. The average molecular weight is 429 g/mol. The lowest BCUT2D eigenvalue weighted by atomic mass is 10.0. The predicted octanol–water partition coefficient (Wildman–Crippen LogP) is 1.79. The van der Waals surface area contributed by atoms with Crippen LogP contribution >= 0.6 is 0 Å². The van der Waals surface area contributed by atoms with E-state index in [9.17, 15) is 14.4 Å². The van der Waals surface area contributed by atoms with E-state index in [4.69, 9.17) is 4.74 Å². The van der Waals surface area contributed by atoms with E-state index >= 15 is 0 Å². The highest BCUT2D eigenvalue weighted by molar-refractivity contribution is 5.94. The Morgan fingerprint density at radius 3 is 2.32 bits per heavy atom. The third kappa shape index (κ3) is 4.54. The van der Waals surface area contributed by atoms with Crippen molar-refractivity contribution in [2.75, 3.05) is 40.3 Å². The van der Waals surface area contributed by atoms with Gasteiger partial charge in [-0.3, -0.25) is 9.59 Å². The van der Waals surface area contributed by atoms with Gasteiger partial charge in [-0.1, -0.05) is 12.1 Å². The highest BCUT2D eigenvalue weighted by Crippen LogP contribution is 2.29. The third-order valence-electron chi connectivity index (χ3n) is 6.87. The van der Waals surface area contributed by atoms with Crippen molar-refractivity contribution in [3.05, 3.63) is 35.4 Å². The van der Waals surface area contributed by atoms with Crippen molar-refractivity contribution < 1.29 is 19.1 Å². The molecule has 2 unspecified atom stereocenters. The molecule has 8 nitrogen and oxygen atoms in total. The topological polar surface area (TPSA) is 73.4 Å². The summed E-state index contributed by atoms with van der Waals surface area (Å²) in [5.41, 5.74) is 1.66. The minimum Gasteiger partial charge on any atom is -0.374 e. The number of amides is 4. The molecule has 0 aromatic heterocycles. The van der Waals surface area contributed by atoms with Crippen molar-refractivity contribution in [3.8, 4) is 0 Å². The molecule has 0 radical (unpaired) electrons. The fourth-order valence-electron chi connectivity index (χ4n) is 4.90. The number of hydrogen-bond acceptors (Lipinski definition) is 4. The quantitative estimate of drug-likeness (QED) is 0.733. The Labute approximate surface area is 183 Å². The van der Waals surface area contributed by atoms with Crippen molar-refractivity contribution in [2.24, 2.45) is 0 Å². The van der Waals surface area contributed by atoms with Crippen molar-refractivity contribution >= 4 is 17.8 Å². The van der Waals surface area contributed by atoms with Crippen LogP contribution < -0.4 is 0 Å². The van der Waals surface area contributed by atoms with Gasteiger partial charge >= 0.3 is 6.03 Å². The van der Waals surface area contributed by atoms with E-state index in [1.54, 1.807) is 23.8 Å². The lowest BCUT2D eigenvalue weighted by Crippen LogP contribution is -2.49. The van der Waals surface area contributed by atoms with Crippen LogP contribution in [0.3, 0.4) is 0 Å². The first-order chi connectivity index (χ1) is 14.8. The van der Waals surface area contributed by atoms with Crippen LogP contribution in [0, 0.1) is 0 Å². The highest BCUT2D eigenvalue weighted by atomic mass is 16.5. The smallest absolute Gasteiger partial charge is 0.320 e. The van der Waals surface area contributed by atoms with Crippen LogP contribution in [0.4, 0.5) is 4.79 Å². The molecule has 168 valence electrons. The number of carbonyl (C=O) groups excluding carboxylic acids is 3. The van der Waals surface area contributed by atoms with Crippen LogP contribution in [0.5, 0.6) is 0 Å². The minimum absolute atomic E-state index is 0.0329. The molecule has 8 heteroatoms. The van der Waals surface area contributed by atoms with Gasteiger partial charge in [0.05, 0.1) is 18.8 Å². The van der Waals surface area contributed by atoms with E-state index in [1.165, 1.54) is 0 Å². The number of likely N-dealkylation sites (tertiary alicyclic amines) is 2. The van der Waals surface area contributed by atoms with Gasteiger partial charge in [0.1, 0.15) is 0 Å². The predicted molar refractivity (Wildman–Crippen MR) is 116 cm³/mol. The van der Waals surface area contributed by atoms with E-state index in [2.05, 4.69) is 0 Å². The van der Waals surface area contributed by atoms with Crippen LogP contribution in [0.2, 0.25) is 0 Å². The van der Waals surface area contributed by atoms with Gasteiger partial charge in [0, 0.05) is 58.8 Å². The molecule has 0 N–H and O–H groups in total. The summed E-state index contributed by atoms with van der Waals surface area (Å²) in [5, 5.41) is 0. The van der Waals surface area contributed by atoms with E-state index in [0.29, 0.717) is 38.3 Å². The van der Waals surface area contributed by atoms with Crippen LogP contribution in [-0.4, -0.2) is 96.0 Å². The summed E-state index contributed by atoms with van der Waals surface area (Å²) in [4.78, 5) is 44.4. The SMILES string of the molecule is CC(=O)N1CCC(N(C)C(=O)N(C)Cc2ccc(C(=O)N3CC4CC3CO4)cc2)CC1. The number of piperidine rings is 1.